The van der Waals surface area contributed by atoms with Gasteiger partial charge < -0.3 is 15.1 Å². The fraction of sp³-hybridized carbons (Fsp3) is 0.586. The lowest BCUT2D eigenvalue weighted by molar-refractivity contribution is -0.289. The van der Waals surface area contributed by atoms with Crippen LogP contribution in [-0.4, -0.2) is 28.7 Å². The molecule has 0 spiro atoms. The molecule has 4 nitrogen and oxygen atoms in total. The van der Waals surface area contributed by atoms with E-state index in [9.17, 15) is 30.9 Å². The minimum absolute atomic E-state index is 0.00611. The zero-order valence-corrected chi connectivity index (χ0v) is 23.4. The summed E-state index contributed by atoms with van der Waals surface area (Å²) in [5.74, 6) is -5.30. The minimum atomic E-state index is -5.74. The first-order chi connectivity index (χ1) is 18.7. The molecule has 1 fully saturated rings. The number of benzene rings is 2. The normalized spacial score (nSPS) is 16.3. The smallest absolute Gasteiger partial charge is 0.324 e. The van der Waals surface area contributed by atoms with E-state index in [4.69, 9.17) is 9.79 Å². The average Bonchev–Trinajstić information content (AvgIpc) is 2.88. The van der Waals surface area contributed by atoms with E-state index in [0.717, 1.165) is 56.6 Å². The first-order valence-corrected chi connectivity index (χ1v) is 15.6. The Morgan fingerprint density at radius 2 is 1.55 bits per heavy atom. The molecule has 1 aliphatic rings. The number of halogens is 6. The summed E-state index contributed by atoms with van der Waals surface area (Å²) in [6.45, 7) is 0.172. The van der Waals surface area contributed by atoms with E-state index in [1.54, 1.807) is 0 Å². The second kappa shape index (κ2) is 13.9. The van der Waals surface area contributed by atoms with Crippen LogP contribution in [0.1, 0.15) is 86.5 Å². The molecule has 0 aliphatic heterocycles. The van der Waals surface area contributed by atoms with Gasteiger partial charge in [-0.15, -0.1) is 0 Å². The molecular weight excluding hydrogens is 555 g/mol. The molecule has 0 atom stereocenters. The van der Waals surface area contributed by atoms with Gasteiger partial charge in [-0.1, -0.05) is 56.4 Å². The summed E-state index contributed by atoms with van der Waals surface area (Å²) in [6, 6.07) is 10.3. The van der Waals surface area contributed by atoms with Crippen molar-refractivity contribution < 1.29 is 40.7 Å². The SMILES string of the molecule is O=P(O)(O)CCCNCc1ccc(CCCCCC2(c3ccc(F)cc3)CCCCC2)c(C(F)(F)C(F)(F)F)c1. The molecule has 224 valence electrons. The molecule has 0 amide bonds. The third kappa shape index (κ3) is 9.07. The summed E-state index contributed by atoms with van der Waals surface area (Å²) in [4.78, 5) is 17.8. The molecule has 40 heavy (non-hydrogen) atoms. The van der Waals surface area contributed by atoms with Gasteiger partial charge in [0.1, 0.15) is 5.82 Å². The van der Waals surface area contributed by atoms with Crippen molar-refractivity contribution in [1.29, 1.82) is 0 Å². The lowest BCUT2D eigenvalue weighted by atomic mass is 9.66. The maximum absolute atomic E-state index is 14.5. The Morgan fingerprint density at radius 1 is 0.875 bits per heavy atom. The molecular formula is C29H38F6NO3P. The topological polar surface area (TPSA) is 69.6 Å². The van der Waals surface area contributed by atoms with Crippen molar-refractivity contribution in [3.63, 3.8) is 0 Å². The monoisotopic (exact) mass is 593 g/mol. The Labute approximate surface area is 231 Å². The van der Waals surface area contributed by atoms with E-state index in [0.29, 0.717) is 12.8 Å². The maximum Gasteiger partial charge on any atom is 0.458 e. The number of nitrogens with one attached hydrogen (secondary N) is 1. The van der Waals surface area contributed by atoms with E-state index in [1.807, 2.05) is 12.1 Å². The summed E-state index contributed by atoms with van der Waals surface area (Å²) in [5.41, 5.74) is 0.187. The van der Waals surface area contributed by atoms with Crippen molar-refractivity contribution >= 4 is 7.60 Å². The van der Waals surface area contributed by atoms with Gasteiger partial charge in [-0.05, 0) is 85.4 Å². The van der Waals surface area contributed by atoms with Crippen molar-refractivity contribution in [3.8, 4) is 0 Å². The number of alkyl halides is 5. The van der Waals surface area contributed by atoms with E-state index in [2.05, 4.69) is 5.32 Å². The average molecular weight is 594 g/mol. The van der Waals surface area contributed by atoms with Crippen LogP contribution in [0, 0.1) is 5.82 Å². The molecule has 0 aromatic heterocycles. The second-order valence-corrected chi connectivity index (χ2v) is 12.7. The van der Waals surface area contributed by atoms with Crippen LogP contribution < -0.4 is 5.32 Å². The molecule has 1 saturated carbocycles. The standard InChI is InChI=1S/C29H38F6NO3P/c30-25-13-11-24(12-14-25)27(16-5-2-6-17-27)15-4-1-3-8-23-10-9-22(21-36-18-7-19-40(37,38)39)20-26(23)28(31,32)29(33,34)35/h9-14,20,36H,1-8,15-19,21H2,(H2,37,38,39). The maximum atomic E-state index is 14.5. The fourth-order valence-corrected chi connectivity index (χ4v) is 6.28. The minimum Gasteiger partial charge on any atom is -0.324 e. The summed E-state index contributed by atoms with van der Waals surface area (Å²) < 4.78 is 93.3. The van der Waals surface area contributed by atoms with Gasteiger partial charge in [-0.25, -0.2) is 4.39 Å². The molecule has 11 heteroatoms. The Bertz CT molecular complexity index is 1130. The van der Waals surface area contributed by atoms with Crippen LogP contribution in [0.5, 0.6) is 0 Å². The highest BCUT2D eigenvalue weighted by Crippen LogP contribution is 2.46. The zero-order chi connectivity index (χ0) is 29.4. The third-order valence-corrected chi connectivity index (χ3v) is 8.77. The molecule has 3 N–H and O–H groups in total. The third-order valence-electron chi connectivity index (χ3n) is 7.87. The summed E-state index contributed by atoms with van der Waals surface area (Å²) >= 11 is 0. The zero-order valence-electron chi connectivity index (χ0n) is 22.5. The first kappa shape index (κ1) is 32.6. The highest BCUT2D eigenvalue weighted by atomic mass is 31.2. The van der Waals surface area contributed by atoms with Crippen molar-refractivity contribution in [2.24, 2.45) is 0 Å². The Kier molecular flexibility index (Phi) is 11.3. The largest absolute Gasteiger partial charge is 0.458 e. The number of hydrogen-bond donors (Lipinski definition) is 3. The van der Waals surface area contributed by atoms with Gasteiger partial charge >= 0.3 is 19.7 Å². The Hall–Kier alpha value is -1.87. The molecule has 0 saturated heterocycles. The van der Waals surface area contributed by atoms with Crippen molar-refractivity contribution in [2.75, 3.05) is 12.7 Å². The van der Waals surface area contributed by atoms with Crippen LogP contribution in [0.3, 0.4) is 0 Å². The van der Waals surface area contributed by atoms with Gasteiger partial charge in [-0.2, -0.15) is 22.0 Å². The van der Waals surface area contributed by atoms with Gasteiger partial charge in [-0.3, -0.25) is 4.57 Å². The number of rotatable bonds is 14. The molecule has 0 radical (unpaired) electrons. The van der Waals surface area contributed by atoms with Gasteiger partial charge in [0.2, 0.25) is 0 Å². The predicted octanol–water partition coefficient (Wildman–Crippen LogP) is 8.14. The molecule has 0 bridgehead atoms. The van der Waals surface area contributed by atoms with Gasteiger partial charge in [0.05, 0.1) is 6.16 Å². The highest BCUT2D eigenvalue weighted by Gasteiger charge is 2.59. The van der Waals surface area contributed by atoms with E-state index in [-0.39, 0.29) is 54.5 Å². The molecule has 1 aliphatic carbocycles. The summed E-state index contributed by atoms with van der Waals surface area (Å²) in [7, 11) is -4.16. The number of aryl methyl sites for hydroxylation is 1. The van der Waals surface area contributed by atoms with Gasteiger partial charge in [0, 0.05) is 12.1 Å². The Morgan fingerprint density at radius 3 is 2.17 bits per heavy atom. The van der Waals surface area contributed by atoms with Crippen LogP contribution in [0.2, 0.25) is 0 Å². The molecule has 0 unspecified atom stereocenters. The van der Waals surface area contributed by atoms with Crippen molar-refractivity contribution in [1.82, 2.24) is 5.32 Å². The van der Waals surface area contributed by atoms with Crippen LogP contribution in [0.15, 0.2) is 42.5 Å². The van der Waals surface area contributed by atoms with E-state index in [1.165, 1.54) is 24.3 Å². The van der Waals surface area contributed by atoms with E-state index >= 15 is 0 Å². The molecule has 2 aromatic rings. The summed E-state index contributed by atoms with van der Waals surface area (Å²) in [6.07, 6.45) is 2.22. The van der Waals surface area contributed by atoms with Crippen molar-refractivity contribution in [2.45, 2.75) is 94.7 Å². The fourth-order valence-electron chi connectivity index (χ4n) is 5.71. The summed E-state index contributed by atoms with van der Waals surface area (Å²) in [5, 5.41) is 2.83. The van der Waals surface area contributed by atoms with Crippen LogP contribution >= 0.6 is 7.60 Å². The lowest BCUT2D eigenvalue weighted by Gasteiger charge is -2.38. The van der Waals surface area contributed by atoms with Crippen LogP contribution in [-0.2, 0) is 28.9 Å². The molecule has 2 aromatic carbocycles. The van der Waals surface area contributed by atoms with Crippen LogP contribution in [0.25, 0.3) is 0 Å². The molecule has 0 heterocycles. The molecule has 3 rings (SSSR count). The highest BCUT2D eigenvalue weighted by molar-refractivity contribution is 7.51. The van der Waals surface area contributed by atoms with Crippen molar-refractivity contribution in [3.05, 3.63) is 70.5 Å². The number of unbranched alkanes of at least 4 members (excludes halogenated alkanes) is 2. The first-order valence-electron chi connectivity index (χ1n) is 13.8. The number of hydrogen-bond acceptors (Lipinski definition) is 2. The van der Waals surface area contributed by atoms with E-state index < -0.39 is 25.3 Å². The lowest BCUT2D eigenvalue weighted by Crippen LogP contribution is -2.35. The Balaban J connectivity index is 1.63. The van der Waals surface area contributed by atoms with Gasteiger partial charge in [0.25, 0.3) is 0 Å². The van der Waals surface area contributed by atoms with Crippen LogP contribution in [0.4, 0.5) is 26.3 Å². The quantitative estimate of drug-likeness (QED) is 0.118. The van der Waals surface area contributed by atoms with Gasteiger partial charge in [0.15, 0.2) is 0 Å². The second-order valence-electron chi connectivity index (χ2n) is 10.9. The predicted molar refractivity (Wildman–Crippen MR) is 143 cm³/mol.